The lowest BCUT2D eigenvalue weighted by atomic mass is 10.1. The van der Waals surface area contributed by atoms with Crippen molar-refractivity contribution in [1.82, 2.24) is 29.7 Å². The molecule has 2 aromatic rings. The van der Waals surface area contributed by atoms with Gasteiger partial charge in [0.15, 0.2) is 0 Å². The monoisotopic (exact) mass is 326 g/mol. The quantitative estimate of drug-likeness (QED) is 0.885. The highest BCUT2D eigenvalue weighted by molar-refractivity contribution is 5.91. The molecule has 2 aliphatic rings. The second-order valence-corrected chi connectivity index (χ2v) is 6.80. The van der Waals surface area contributed by atoms with Gasteiger partial charge in [-0.25, -0.2) is 9.97 Å². The predicted octanol–water partition coefficient (Wildman–Crippen LogP) is 0.945. The Morgan fingerprint density at radius 1 is 1.17 bits per heavy atom. The number of nitrogens with zero attached hydrogens (tertiary/aromatic N) is 5. The first-order valence-corrected chi connectivity index (χ1v) is 8.54. The summed E-state index contributed by atoms with van der Waals surface area (Å²) in [5, 5.41) is 3.01. The average molecular weight is 326 g/mol. The summed E-state index contributed by atoms with van der Waals surface area (Å²) in [4.78, 5) is 27.2. The SMILES string of the molecule is O=C(NCC1CN(CC2CC2)Cc2nccn2C1)c1cnccn1. The second kappa shape index (κ2) is 6.68. The summed E-state index contributed by atoms with van der Waals surface area (Å²) >= 11 is 0. The number of hydrogen-bond acceptors (Lipinski definition) is 5. The molecule has 126 valence electrons. The van der Waals surface area contributed by atoms with Gasteiger partial charge >= 0.3 is 0 Å². The molecule has 1 amide bonds. The van der Waals surface area contributed by atoms with E-state index in [1.807, 2.05) is 12.4 Å². The summed E-state index contributed by atoms with van der Waals surface area (Å²) in [5.74, 6) is 2.17. The summed E-state index contributed by atoms with van der Waals surface area (Å²) in [6, 6.07) is 0. The number of rotatable bonds is 5. The molecule has 1 fully saturated rings. The largest absolute Gasteiger partial charge is 0.350 e. The number of imidazole rings is 1. The lowest BCUT2D eigenvalue weighted by Gasteiger charge is -2.23. The Morgan fingerprint density at radius 2 is 2.08 bits per heavy atom. The molecule has 2 aromatic heterocycles. The summed E-state index contributed by atoms with van der Waals surface area (Å²) in [6.07, 6.45) is 11.2. The van der Waals surface area contributed by atoms with Crippen LogP contribution in [-0.2, 0) is 13.1 Å². The standard InChI is InChI=1S/C17H22N6O/c24-17(15-8-18-3-4-19-15)21-7-14-10-22(9-13-1-2-13)12-16-20-5-6-23(16)11-14/h3-6,8,13-14H,1-2,7,9-12H2,(H,21,24). The minimum Gasteiger partial charge on any atom is -0.350 e. The number of nitrogens with one attached hydrogen (secondary N) is 1. The van der Waals surface area contributed by atoms with Gasteiger partial charge in [0.1, 0.15) is 11.5 Å². The molecule has 3 heterocycles. The first-order valence-electron chi connectivity index (χ1n) is 8.54. The Hall–Kier alpha value is -2.28. The Kier molecular flexibility index (Phi) is 4.25. The molecule has 4 rings (SSSR count). The van der Waals surface area contributed by atoms with E-state index < -0.39 is 0 Å². The number of carbonyl (C=O) groups is 1. The third kappa shape index (κ3) is 3.62. The van der Waals surface area contributed by atoms with Gasteiger partial charge in [0.25, 0.3) is 5.91 Å². The molecule has 7 heteroatoms. The van der Waals surface area contributed by atoms with Crippen molar-refractivity contribution < 1.29 is 4.79 Å². The molecule has 1 aliphatic heterocycles. The minimum atomic E-state index is -0.160. The molecule has 24 heavy (non-hydrogen) atoms. The van der Waals surface area contributed by atoms with Gasteiger partial charge in [-0.3, -0.25) is 14.7 Å². The zero-order chi connectivity index (χ0) is 16.4. The number of aromatic nitrogens is 4. The highest BCUT2D eigenvalue weighted by Gasteiger charge is 2.28. The van der Waals surface area contributed by atoms with E-state index in [-0.39, 0.29) is 5.91 Å². The predicted molar refractivity (Wildman–Crippen MR) is 88.1 cm³/mol. The van der Waals surface area contributed by atoms with Crippen molar-refractivity contribution in [2.75, 3.05) is 19.6 Å². The van der Waals surface area contributed by atoms with Gasteiger partial charge < -0.3 is 9.88 Å². The van der Waals surface area contributed by atoms with Gasteiger partial charge in [-0.05, 0) is 18.8 Å². The van der Waals surface area contributed by atoms with Gasteiger partial charge in [-0.2, -0.15) is 0 Å². The maximum Gasteiger partial charge on any atom is 0.271 e. The van der Waals surface area contributed by atoms with Crippen LogP contribution in [0.2, 0.25) is 0 Å². The molecular weight excluding hydrogens is 304 g/mol. The Balaban J connectivity index is 1.40. The molecule has 1 saturated carbocycles. The van der Waals surface area contributed by atoms with Crippen LogP contribution in [0.25, 0.3) is 0 Å². The molecule has 7 nitrogen and oxygen atoms in total. The molecule has 0 bridgehead atoms. The first-order chi connectivity index (χ1) is 11.8. The fraction of sp³-hybridized carbons (Fsp3) is 0.529. The van der Waals surface area contributed by atoms with E-state index >= 15 is 0 Å². The fourth-order valence-corrected chi connectivity index (χ4v) is 3.30. The molecule has 0 saturated heterocycles. The molecule has 1 aliphatic carbocycles. The molecule has 1 N–H and O–H groups in total. The highest BCUT2D eigenvalue weighted by Crippen LogP contribution is 2.31. The second-order valence-electron chi connectivity index (χ2n) is 6.80. The van der Waals surface area contributed by atoms with Gasteiger partial charge in [-0.15, -0.1) is 0 Å². The van der Waals surface area contributed by atoms with Crippen molar-refractivity contribution in [3.05, 3.63) is 42.5 Å². The van der Waals surface area contributed by atoms with Crippen molar-refractivity contribution in [2.24, 2.45) is 11.8 Å². The number of fused-ring (bicyclic) bond motifs is 1. The number of amides is 1. The van der Waals surface area contributed by atoms with E-state index in [2.05, 4.69) is 29.7 Å². The molecule has 1 atom stereocenters. The third-order valence-corrected chi connectivity index (χ3v) is 4.70. The Bertz CT molecular complexity index is 696. The maximum atomic E-state index is 12.2. The number of hydrogen-bond donors (Lipinski definition) is 1. The minimum absolute atomic E-state index is 0.160. The van der Waals surface area contributed by atoms with Crippen molar-refractivity contribution in [3.8, 4) is 0 Å². The topological polar surface area (TPSA) is 75.9 Å². The van der Waals surface area contributed by atoms with Crippen LogP contribution in [0.5, 0.6) is 0 Å². The van der Waals surface area contributed by atoms with Gasteiger partial charge in [0.2, 0.25) is 0 Å². The van der Waals surface area contributed by atoms with Gasteiger partial charge in [0.05, 0.1) is 12.7 Å². The smallest absolute Gasteiger partial charge is 0.271 e. The van der Waals surface area contributed by atoms with E-state index in [9.17, 15) is 4.79 Å². The van der Waals surface area contributed by atoms with E-state index in [1.54, 1.807) is 6.20 Å². The van der Waals surface area contributed by atoms with Crippen LogP contribution < -0.4 is 5.32 Å². The Labute approximate surface area is 141 Å². The van der Waals surface area contributed by atoms with E-state index in [0.717, 1.165) is 37.9 Å². The van der Waals surface area contributed by atoms with Crippen molar-refractivity contribution in [3.63, 3.8) is 0 Å². The highest BCUT2D eigenvalue weighted by atomic mass is 16.1. The summed E-state index contributed by atoms with van der Waals surface area (Å²) in [7, 11) is 0. The average Bonchev–Trinajstić information content (AvgIpc) is 3.35. The molecular formula is C17H22N6O. The van der Waals surface area contributed by atoms with E-state index in [1.165, 1.54) is 25.2 Å². The molecule has 0 spiro atoms. The van der Waals surface area contributed by atoms with Crippen LogP contribution >= 0.6 is 0 Å². The van der Waals surface area contributed by atoms with E-state index in [0.29, 0.717) is 18.2 Å². The van der Waals surface area contributed by atoms with Gasteiger partial charge in [-0.1, -0.05) is 0 Å². The zero-order valence-corrected chi connectivity index (χ0v) is 13.6. The lowest BCUT2D eigenvalue weighted by molar-refractivity contribution is 0.0935. The van der Waals surface area contributed by atoms with Crippen molar-refractivity contribution in [2.45, 2.75) is 25.9 Å². The van der Waals surface area contributed by atoms with Crippen molar-refractivity contribution >= 4 is 5.91 Å². The van der Waals surface area contributed by atoms with Crippen LogP contribution in [0, 0.1) is 11.8 Å². The molecule has 0 radical (unpaired) electrons. The maximum absolute atomic E-state index is 12.2. The van der Waals surface area contributed by atoms with Crippen LogP contribution in [-0.4, -0.2) is 50.0 Å². The summed E-state index contributed by atoms with van der Waals surface area (Å²) in [5.41, 5.74) is 0.365. The molecule has 1 unspecified atom stereocenters. The normalized spacial score (nSPS) is 21.1. The van der Waals surface area contributed by atoms with Gasteiger partial charge in [0, 0.05) is 56.9 Å². The summed E-state index contributed by atoms with van der Waals surface area (Å²) < 4.78 is 2.21. The summed E-state index contributed by atoms with van der Waals surface area (Å²) in [6.45, 7) is 4.55. The Morgan fingerprint density at radius 3 is 2.88 bits per heavy atom. The van der Waals surface area contributed by atoms with Crippen LogP contribution in [0.1, 0.15) is 29.2 Å². The zero-order valence-electron chi connectivity index (χ0n) is 13.6. The first kappa shape index (κ1) is 15.3. The van der Waals surface area contributed by atoms with Crippen molar-refractivity contribution in [1.29, 1.82) is 0 Å². The van der Waals surface area contributed by atoms with Crippen LogP contribution in [0.15, 0.2) is 31.0 Å². The van der Waals surface area contributed by atoms with E-state index in [4.69, 9.17) is 0 Å². The molecule has 0 aromatic carbocycles. The number of carbonyl (C=O) groups excluding carboxylic acids is 1. The lowest BCUT2D eigenvalue weighted by Crippen LogP contribution is -2.37. The van der Waals surface area contributed by atoms with Crippen LogP contribution in [0.3, 0.4) is 0 Å². The third-order valence-electron chi connectivity index (χ3n) is 4.70. The van der Waals surface area contributed by atoms with Crippen LogP contribution in [0.4, 0.5) is 0 Å². The fourth-order valence-electron chi connectivity index (χ4n) is 3.30.